The van der Waals surface area contributed by atoms with Crippen molar-refractivity contribution in [2.45, 2.75) is 63.0 Å². The molecule has 1 aromatic rings. The van der Waals surface area contributed by atoms with E-state index in [4.69, 9.17) is 0 Å². The molecule has 1 saturated carbocycles. The van der Waals surface area contributed by atoms with E-state index < -0.39 is 54.1 Å². The molecule has 5 atom stereocenters. The van der Waals surface area contributed by atoms with Crippen molar-refractivity contribution < 1.29 is 34.4 Å². The van der Waals surface area contributed by atoms with Gasteiger partial charge in [-0.1, -0.05) is 19.9 Å². The highest BCUT2D eigenvalue weighted by Crippen LogP contribution is 2.30. The molecular formula is C19H28N2O7S. The van der Waals surface area contributed by atoms with Crippen molar-refractivity contribution in [2.24, 2.45) is 5.92 Å². The number of aliphatic hydroxyl groups is 3. The summed E-state index contributed by atoms with van der Waals surface area (Å²) in [4.78, 5) is 37.7. The summed E-state index contributed by atoms with van der Waals surface area (Å²) in [6.07, 6.45) is -3.42. The maximum atomic E-state index is 12.7. The fraction of sp³-hybridized carbons (Fsp3) is 0.632. The first-order valence-electron chi connectivity index (χ1n) is 9.36. The second-order valence-corrected chi connectivity index (χ2v) is 8.68. The number of hydrogen-bond donors (Lipinski definition) is 5. The molecule has 0 saturated heterocycles. The van der Waals surface area contributed by atoms with Crippen LogP contribution in [0.5, 0.6) is 0 Å². The highest BCUT2D eigenvalue weighted by atomic mass is 32.1. The molecule has 2 rings (SSSR count). The van der Waals surface area contributed by atoms with Crippen LogP contribution in [0.2, 0.25) is 0 Å². The number of hydrogen-bond acceptors (Lipinski definition) is 8. The Bertz CT molecular complexity index is 724. The molecule has 0 aromatic carbocycles. The van der Waals surface area contributed by atoms with Gasteiger partial charge in [0.15, 0.2) is 0 Å². The van der Waals surface area contributed by atoms with E-state index in [-0.39, 0.29) is 18.8 Å². The molecule has 29 heavy (non-hydrogen) atoms. The van der Waals surface area contributed by atoms with E-state index in [1.54, 1.807) is 19.9 Å². The lowest BCUT2D eigenvalue weighted by atomic mass is 9.77. The minimum atomic E-state index is -2.07. The van der Waals surface area contributed by atoms with Crippen LogP contribution >= 0.6 is 11.3 Å². The van der Waals surface area contributed by atoms with Crippen LogP contribution in [0.15, 0.2) is 17.5 Å². The number of nitrogens with one attached hydrogen (secondary N) is 2. The number of rotatable bonds is 7. The zero-order valence-corrected chi connectivity index (χ0v) is 17.4. The first-order valence-corrected chi connectivity index (χ1v) is 10.2. The minimum absolute atomic E-state index is 0.0827. The fourth-order valence-corrected chi connectivity index (χ4v) is 4.06. The molecule has 1 aromatic heterocycles. The molecule has 0 aliphatic heterocycles. The van der Waals surface area contributed by atoms with E-state index >= 15 is 0 Å². The summed E-state index contributed by atoms with van der Waals surface area (Å²) in [5, 5.41) is 38.2. The number of carbonyl (C=O) groups is 3. The normalized spacial score (nSPS) is 27.9. The molecule has 10 heteroatoms. The average Bonchev–Trinajstić information content (AvgIpc) is 3.15. The number of carbonyl (C=O) groups excluding carboxylic acids is 3. The molecule has 1 aliphatic rings. The number of aliphatic hydroxyl groups excluding tert-OH is 2. The highest BCUT2D eigenvalue weighted by Gasteiger charge is 2.50. The number of methoxy groups -OCH3 is 1. The molecule has 1 heterocycles. The van der Waals surface area contributed by atoms with Gasteiger partial charge in [0, 0.05) is 17.7 Å². The fourth-order valence-electron chi connectivity index (χ4n) is 3.35. The zero-order valence-electron chi connectivity index (χ0n) is 16.6. The van der Waals surface area contributed by atoms with Crippen LogP contribution in [0, 0.1) is 5.92 Å². The Kier molecular flexibility index (Phi) is 7.75. The lowest BCUT2D eigenvalue weighted by molar-refractivity contribution is -0.162. The Morgan fingerprint density at radius 3 is 2.55 bits per heavy atom. The molecule has 9 nitrogen and oxygen atoms in total. The molecule has 0 radical (unpaired) electrons. The predicted octanol–water partition coefficient (Wildman–Crippen LogP) is -0.664. The predicted molar refractivity (Wildman–Crippen MR) is 105 cm³/mol. The SMILES string of the molecule is COC(=O)[C@H](NC(=O)[C@@]1(O)C[C@@H](O)[C@H](O)[C@@H](NC(=O)Cc2cccs2)C1)C(C)C. The van der Waals surface area contributed by atoms with Crippen LogP contribution in [0.25, 0.3) is 0 Å². The number of thiophene rings is 1. The molecule has 2 amide bonds. The standard InChI is InChI=1S/C19H28N2O7S/c1-10(2)15(17(25)28-3)21-18(26)19(27)8-12(16(24)13(22)9-19)20-14(23)7-11-5-4-6-29-11/h4-6,10,12-13,15-16,22,24,27H,7-9H2,1-3H3,(H,20,23)(H,21,26)/t12-,13+,15+,16+,19-/m0/s1. The second kappa shape index (κ2) is 9.66. The summed E-state index contributed by atoms with van der Waals surface area (Å²) in [5.41, 5.74) is -2.07. The smallest absolute Gasteiger partial charge is 0.328 e. The lowest BCUT2D eigenvalue weighted by Crippen LogP contribution is -2.64. The van der Waals surface area contributed by atoms with Crippen LogP contribution < -0.4 is 10.6 Å². The Labute approximate surface area is 173 Å². The van der Waals surface area contributed by atoms with E-state index in [1.807, 2.05) is 11.4 Å². The van der Waals surface area contributed by atoms with Crippen LogP contribution in [0.4, 0.5) is 0 Å². The van der Waals surface area contributed by atoms with Gasteiger partial charge in [-0.3, -0.25) is 9.59 Å². The minimum Gasteiger partial charge on any atom is -0.467 e. The summed E-state index contributed by atoms with van der Waals surface area (Å²) < 4.78 is 4.68. The number of ether oxygens (including phenoxy) is 1. The molecule has 1 fully saturated rings. The van der Waals surface area contributed by atoms with Gasteiger partial charge in [-0.05, 0) is 17.4 Å². The lowest BCUT2D eigenvalue weighted by Gasteiger charge is -2.42. The monoisotopic (exact) mass is 428 g/mol. The molecule has 1 aliphatic carbocycles. The third-order valence-corrected chi connectivity index (χ3v) is 5.88. The van der Waals surface area contributed by atoms with Crippen molar-refractivity contribution >= 4 is 29.1 Å². The van der Waals surface area contributed by atoms with Crippen molar-refractivity contribution in [1.29, 1.82) is 0 Å². The van der Waals surface area contributed by atoms with Crippen molar-refractivity contribution in [3.05, 3.63) is 22.4 Å². The van der Waals surface area contributed by atoms with Gasteiger partial charge in [-0.2, -0.15) is 0 Å². The molecule has 162 valence electrons. The summed E-state index contributed by atoms with van der Waals surface area (Å²) >= 11 is 1.40. The van der Waals surface area contributed by atoms with Gasteiger partial charge in [0.05, 0.1) is 25.7 Å². The van der Waals surface area contributed by atoms with Crippen LogP contribution in [0.3, 0.4) is 0 Å². The van der Waals surface area contributed by atoms with Gasteiger partial charge >= 0.3 is 5.97 Å². The van der Waals surface area contributed by atoms with Crippen LogP contribution in [0.1, 0.15) is 31.6 Å². The molecule has 5 N–H and O–H groups in total. The van der Waals surface area contributed by atoms with Crippen LogP contribution in [-0.4, -0.2) is 70.1 Å². The van der Waals surface area contributed by atoms with E-state index in [2.05, 4.69) is 15.4 Å². The van der Waals surface area contributed by atoms with Crippen molar-refractivity contribution in [1.82, 2.24) is 10.6 Å². The Hall–Kier alpha value is -2.01. The Morgan fingerprint density at radius 2 is 2.00 bits per heavy atom. The maximum Gasteiger partial charge on any atom is 0.328 e. The van der Waals surface area contributed by atoms with E-state index in [0.717, 1.165) is 4.88 Å². The number of esters is 1. The van der Waals surface area contributed by atoms with Crippen LogP contribution in [-0.2, 0) is 25.5 Å². The summed E-state index contributed by atoms with van der Waals surface area (Å²) in [7, 11) is 1.19. The molecule has 0 bridgehead atoms. The third kappa shape index (κ3) is 5.75. The Balaban J connectivity index is 2.09. The van der Waals surface area contributed by atoms with Crippen molar-refractivity contribution in [3.8, 4) is 0 Å². The van der Waals surface area contributed by atoms with Gasteiger partial charge < -0.3 is 30.7 Å². The molecule has 0 spiro atoms. The summed E-state index contributed by atoms with van der Waals surface area (Å²) in [6, 6.07) is 1.59. The van der Waals surface area contributed by atoms with Crippen molar-refractivity contribution in [3.63, 3.8) is 0 Å². The van der Waals surface area contributed by atoms with E-state index in [9.17, 15) is 29.7 Å². The van der Waals surface area contributed by atoms with E-state index in [0.29, 0.717) is 0 Å². The largest absolute Gasteiger partial charge is 0.467 e. The Morgan fingerprint density at radius 1 is 1.31 bits per heavy atom. The van der Waals surface area contributed by atoms with Gasteiger partial charge in [0.25, 0.3) is 5.91 Å². The summed E-state index contributed by atoms with van der Waals surface area (Å²) in [5.74, 6) is -2.22. The van der Waals surface area contributed by atoms with E-state index in [1.165, 1.54) is 18.4 Å². The van der Waals surface area contributed by atoms with Gasteiger partial charge in [-0.15, -0.1) is 11.3 Å². The molecule has 0 unspecified atom stereocenters. The van der Waals surface area contributed by atoms with Gasteiger partial charge in [0.2, 0.25) is 5.91 Å². The first-order chi connectivity index (χ1) is 13.6. The average molecular weight is 429 g/mol. The zero-order chi connectivity index (χ0) is 21.8. The quantitative estimate of drug-likeness (QED) is 0.362. The maximum absolute atomic E-state index is 12.7. The third-order valence-electron chi connectivity index (χ3n) is 5.00. The highest BCUT2D eigenvalue weighted by molar-refractivity contribution is 7.10. The van der Waals surface area contributed by atoms with Gasteiger partial charge in [-0.25, -0.2) is 4.79 Å². The first kappa shape index (κ1) is 23.3. The molecular weight excluding hydrogens is 400 g/mol. The topological polar surface area (TPSA) is 145 Å². The summed E-state index contributed by atoms with van der Waals surface area (Å²) in [6.45, 7) is 3.41. The second-order valence-electron chi connectivity index (χ2n) is 7.65. The number of amides is 2. The van der Waals surface area contributed by atoms with Crippen molar-refractivity contribution in [2.75, 3.05) is 7.11 Å². The van der Waals surface area contributed by atoms with Gasteiger partial charge in [0.1, 0.15) is 17.7 Å².